The van der Waals surface area contributed by atoms with Gasteiger partial charge in [-0.2, -0.15) is 18.3 Å². The first-order chi connectivity index (χ1) is 16.0. The Hall–Kier alpha value is -4.62. The van der Waals surface area contributed by atoms with Gasteiger partial charge in [-0.15, -0.1) is 0 Å². The second kappa shape index (κ2) is 8.38. The highest BCUT2D eigenvalue weighted by atomic mass is 19.4. The van der Waals surface area contributed by atoms with Gasteiger partial charge in [0.15, 0.2) is 5.65 Å². The number of carbonyl (C=O) groups excluding carboxylic acids is 1. The van der Waals surface area contributed by atoms with Crippen molar-refractivity contribution in [3.63, 3.8) is 0 Å². The topological polar surface area (TPSA) is 125 Å². The maximum Gasteiger partial charge on any atom is 0.416 e. The van der Waals surface area contributed by atoms with E-state index in [2.05, 4.69) is 15.4 Å². The lowest BCUT2D eigenvalue weighted by molar-refractivity contribution is -0.384. The molecular formula is C20H12F4N6O4. The first-order valence-electron chi connectivity index (χ1n) is 9.39. The largest absolute Gasteiger partial charge is 0.416 e. The average Bonchev–Trinajstić information content (AvgIpc) is 3.21. The number of non-ortho nitro benzene ring substituents is 1. The van der Waals surface area contributed by atoms with Crippen LogP contribution in [0.2, 0.25) is 0 Å². The van der Waals surface area contributed by atoms with Gasteiger partial charge in [-0.25, -0.2) is 14.1 Å². The number of nitrogens with one attached hydrogen (secondary N) is 1. The zero-order chi connectivity index (χ0) is 24.6. The van der Waals surface area contributed by atoms with Crippen LogP contribution < -0.4 is 10.9 Å². The van der Waals surface area contributed by atoms with Crippen LogP contribution in [0.25, 0.3) is 16.7 Å². The maximum atomic E-state index is 13.9. The summed E-state index contributed by atoms with van der Waals surface area (Å²) < 4.78 is 54.9. The van der Waals surface area contributed by atoms with Gasteiger partial charge in [0.05, 0.1) is 28.1 Å². The molecule has 10 nitrogen and oxygen atoms in total. The van der Waals surface area contributed by atoms with Crippen molar-refractivity contribution in [1.29, 1.82) is 0 Å². The predicted molar refractivity (Wildman–Crippen MR) is 110 cm³/mol. The molecule has 0 unspecified atom stereocenters. The molecule has 34 heavy (non-hydrogen) atoms. The molecule has 4 aromatic rings. The number of fused-ring (bicyclic) bond motifs is 1. The van der Waals surface area contributed by atoms with Gasteiger partial charge in [-0.3, -0.25) is 24.3 Å². The average molecular weight is 476 g/mol. The van der Waals surface area contributed by atoms with E-state index in [9.17, 15) is 37.3 Å². The number of nitro benzene ring substituents is 1. The number of carbonyl (C=O) groups is 1. The van der Waals surface area contributed by atoms with E-state index in [1.807, 2.05) is 0 Å². The summed E-state index contributed by atoms with van der Waals surface area (Å²) in [6, 6.07) is 6.85. The van der Waals surface area contributed by atoms with Gasteiger partial charge in [-0.1, -0.05) is 6.07 Å². The van der Waals surface area contributed by atoms with Crippen molar-refractivity contribution in [3.8, 4) is 5.69 Å². The smallest absolute Gasteiger partial charge is 0.322 e. The normalized spacial score (nSPS) is 11.5. The molecule has 0 fully saturated rings. The summed E-state index contributed by atoms with van der Waals surface area (Å²) in [4.78, 5) is 39.1. The van der Waals surface area contributed by atoms with Gasteiger partial charge >= 0.3 is 6.18 Å². The van der Waals surface area contributed by atoms with Gasteiger partial charge in [-0.05, 0) is 24.3 Å². The Bertz CT molecular complexity index is 1490. The summed E-state index contributed by atoms with van der Waals surface area (Å²) in [6.07, 6.45) is -2.50. The molecule has 2 heterocycles. The molecule has 0 saturated heterocycles. The molecule has 1 N–H and O–H groups in total. The van der Waals surface area contributed by atoms with Crippen molar-refractivity contribution in [2.24, 2.45) is 0 Å². The van der Waals surface area contributed by atoms with E-state index in [0.29, 0.717) is 0 Å². The number of nitro groups is 1. The van der Waals surface area contributed by atoms with Crippen LogP contribution in [-0.2, 0) is 17.5 Å². The molecule has 174 valence electrons. The second-order valence-electron chi connectivity index (χ2n) is 6.99. The highest BCUT2D eigenvalue weighted by Crippen LogP contribution is 2.30. The summed E-state index contributed by atoms with van der Waals surface area (Å²) >= 11 is 0. The third-order valence-corrected chi connectivity index (χ3v) is 4.72. The molecule has 2 aromatic heterocycles. The Morgan fingerprint density at radius 2 is 1.94 bits per heavy atom. The van der Waals surface area contributed by atoms with Crippen LogP contribution in [0.1, 0.15) is 5.56 Å². The second-order valence-corrected chi connectivity index (χ2v) is 6.99. The molecule has 0 bridgehead atoms. The van der Waals surface area contributed by atoms with Crippen LogP contribution in [0.5, 0.6) is 0 Å². The van der Waals surface area contributed by atoms with Gasteiger partial charge in [0.2, 0.25) is 5.91 Å². The van der Waals surface area contributed by atoms with E-state index in [0.717, 1.165) is 52.1 Å². The van der Waals surface area contributed by atoms with Crippen LogP contribution in [0, 0.1) is 15.9 Å². The number of amides is 1. The summed E-state index contributed by atoms with van der Waals surface area (Å²) in [5, 5.41) is 16.8. The monoisotopic (exact) mass is 476 g/mol. The lowest BCUT2D eigenvalue weighted by atomic mass is 10.2. The van der Waals surface area contributed by atoms with E-state index in [-0.39, 0.29) is 16.7 Å². The van der Waals surface area contributed by atoms with Crippen molar-refractivity contribution < 1.29 is 27.3 Å². The van der Waals surface area contributed by atoms with E-state index in [1.165, 1.54) is 12.1 Å². The molecule has 0 spiro atoms. The number of benzene rings is 2. The number of anilines is 1. The summed E-state index contributed by atoms with van der Waals surface area (Å²) in [7, 11) is 0. The highest BCUT2D eigenvalue weighted by Gasteiger charge is 2.30. The number of halogens is 4. The Morgan fingerprint density at radius 1 is 1.18 bits per heavy atom. The third kappa shape index (κ3) is 4.32. The minimum Gasteiger partial charge on any atom is -0.322 e. The van der Waals surface area contributed by atoms with Crippen molar-refractivity contribution in [1.82, 2.24) is 19.3 Å². The molecule has 14 heteroatoms. The summed E-state index contributed by atoms with van der Waals surface area (Å²) in [6.45, 7) is -0.612. The first-order valence-corrected chi connectivity index (χ1v) is 9.39. The third-order valence-electron chi connectivity index (χ3n) is 4.72. The zero-order valence-electron chi connectivity index (χ0n) is 16.8. The Morgan fingerprint density at radius 3 is 2.65 bits per heavy atom. The molecule has 0 aliphatic carbocycles. The molecule has 0 saturated carbocycles. The summed E-state index contributed by atoms with van der Waals surface area (Å²) in [5.74, 6) is -1.78. The minimum absolute atomic E-state index is 0.0216. The number of rotatable bonds is 5. The van der Waals surface area contributed by atoms with Crippen LogP contribution in [0.4, 0.5) is 28.9 Å². The lowest BCUT2D eigenvalue weighted by Crippen LogP contribution is -2.28. The molecule has 0 aliphatic rings. The van der Waals surface area contributed by atoms with Gasteiger partial charge in [0.25, 0.3) is 11.2 Å². The molecular weight excluding hydrogens is 464 g/mol. The van der Waals surface area contributed by atoms with E-state index in [4.69, 9.17) is 0 Å². The van der Waals surface area contributed by atoms with Crippen molar-refractivity contribution in [3.05, 3.63) is 86.8 Å². The van der Waals surface area contributed by atoms with Crippen molar-refractivity contribution in [2.75, 3.05) is 5.32 Å². The Balaban J connectivity index is 1.61. The molecule has 2 aromatic carbocycles. The molecule has 0 radical (unpaired) electrons. The predicted octanol–water partition coefficient (Wildman–Crippen LogP) is 3.29. The fourth-order valence-electron chi connectivity index (χ4n) is 3.13. The number of alkyl halides is 3. The Kier molecular flexibility index (Phi) is 5.56. The van der Waals surface area contributed by atoms with Crippen LogP contribution in [0.3, 0.4) is 0 Å². The molecule has 0 atom stereocenters. The summed E-state index contributed by atoms with van der Waals surface area (Å²) in [5.41, 5.74) is -2.54. The van der Waals surface area contributed by atoms with Crippen molar-refractivity contribution >= 4 is 28.3 Å². The number of nitrogens with zero attached hydrogens (tertiary/aromatic N) is 5. The van der Waals surface area contributed by atoms with Crippen molar-refractivity contribution in [2.45, 2.75) is 12.7 Å². The van der Waals surface area contributed by atoms with Crippen LogP contribution >= 0.6 is 0 Å². The van der Waals surface area contributed by atoms with E-state index >= 15 is 0 Å². The van der Waals surface area contributed by atoms with Gasteiger partial charge < -0.3 is 5.32 Å². The highest BCUT2D eigenvalue weighted by molar-refractivity contribution is 5.91. The molecule has 0 aliphatic heterocycles. The minimum atomic E-state index is -4.58. The van der Waals surface area contributed by atoms with E-state index < -0.39 is 51.9 Å². The van der Waals surface area contributed by atoms with Gasteiger partial charge in [0.1, 0.15) is 24.1 Å². The maximum absolute atomic E-state index is 13.9. The number of hydrogen-bond acceptors (Lipinski definition) is 6. The molecule has 1 amide bonds. The fraction of sp³-hybridized carbons (Fsp3) is 0.100. The van der Waals surface area contributed by atoms with E-state index in [1.54, 1.807) is 0 Å². The quantitative estimate of drug-likeness (QED) is 0.268. The zero-order valence-corrected chi connectivity index (χ0v) is 16.8. The van der Waals surface area contributed by atoms with Crippen LogP contribution in [-0.4, -0.2) is 30.2 Å². The van der Waals surface area contributed by atoms with Crippen LogP contribution in [0.15, 0.2) is 59.8 Å². The van der Waals surface area contributed by atoms with Gasteiger partial charge in [0, 0.05) is 12.1 Å². The molecule has 4 rings (SSSR count). The lowest BCUT2D eigenvalue weighted by Gasteiger charge is -2.10. The Labute approximate surface area is 186 Å². The first kappa shape index (κ1) is 22.6. The SMILES string of the molecule is O=C(Cn1cnc2c(cnn2-c2cccc(C(F)(F)F)c2)c1=O)Nc1cc([N+](=O)[O-])ccc1F. The number of aromatic nitrogens is 4. The fourth-order valence-corrected chi connectivity index (χ4v) is 3.13. The standard InChI is InChI=1S/C20H12F4N6O4/c21-15-5-4-13(30(33)34)7-16(15)27-17(31)9-28-10-25-18-14(19(28)32)8-26-29(18)12-3-1-2-11(6-12)20(22,23)24/h1-8,10H,9H2,(H,27,31). The number of hydrogen-bond donors (Lipinski definition) is 1.